The second-order valence-corrected chi connectivity index (χ2v) is 8.89. The van der Waals surface area contributed by atoms with Crippen LogP contribution in [0.2, 0.25) is 0 Å². The number of rotatable bonds is 4. The van der Waals surface area contributed by atoms with Crippen molar-refractivity contribution in [2.75, 3.05) is 6.54 Å². The highest BCUT2D eigenvalue weighted by molar-refractivity contribution is 5.28. The Morgan fingerprint density at radius 2 is 1.30 bits per heavy atom. The topological polar surface area (TPSA) is 12.0 Å². The van der Waals surface area contributed by atoms with Crippen molar-refractivity contribution in [3.63, 3.8) is 0 Å². The number of benzene rings is 1. The predicted molar refractivity (Wildman–Crippen MR) is 90.4 cm³/mol. The second kappa shape index (κ2) is 5.89. The molecule has 0 amide bonds. The Morgan fingerprint density at radius 3 is 1.70 bits per heavy atom. The zero-order valence-corrected chi connectivity index (χ0v) is 14.7. The SMILES string of the molecule is CC(C)(CNC(C)(C)C)Cc1ccc(C(C)(C)C)cc1. The van der Waals surface area contributed by atoms with Crippen LogP contribution in [-0.4, -0.2) is 12.1 Å². The summed E-state index contributed by atoms with van der Waals surface area (Å²) in [4.78, 5) is 0. The van der Waals surface area contributed by atoms with Gasteiger partial charge < -0.3 is 5.32 Å². The Balaban J connectivity index is 2.68. The minimum atomic E-state index is 0.188. The summed E-state index contributed by atoms with van der Waals surface area (Å²) < 4.78 is 0. The van der Waals surface area contributed by atoms with Crippen LogP contribution in [0, 0.1) is 5.41 Å². The summed E-state index contributed by atoms with van der Waals surface area (Å²) in [7, 11) is 0. The minimum absolute atomic E-state index is 0.188. The van der Waals surface area contributed by atoms with Crippen LogP contribution in [0.25, 0.3) is 0 Å². The van der Waals surface area contributed by atoms with Crippen molar-refractivity contribution in [2.45, 2.75) is 72.8 Å². The molecule has 0 saturated carbocycles. The van der Waals surface area contributed by atoms with Crippen molar-refractivity contribution in [3.8, 4) is 0 Å². The molecule has 0 spiro atoms. The molecule has 0 aliphatic rings. The molecule has 0 fully saturated rings. The van der Waals surface area contributed by atoms with Crippen molar-refractivity contribution in [2.24, 2.45) is 5.41 Å². The van der Waals surface area contributed by atoms with Crippen molar-refractivity contribution in [1.29, 1.82) is 0 Å². The zero-order chi connectivity index (χ0) is 15.6. The molecule has 114 valence electrons. The molecule has 1 N–H and O–H groups in total. The van der Waals surface area contributed by atoms with E-state index in [1.807, 2.05) is 0 Å². The van der Waals surface area contributed by atoms with E-state index in [0.29, 0.717) is 0 Å². The number of hydrogen-bond donors (Lipinski definition) is 1. The van der Waals surface area contributed by atoms with Crippen LogP contribution in [0.5, 0.6) is 0 Å². The van der Waals surface area contributed by atoms with Gasteiger partial charge in [-0.3, -0.25) is 0 Å². The average Bonchev–Trinajstić information content (AvgIpc) is 2.25. The van der Waals surface area contributed by atoms with E-state index in [1.54, 1.807) is 0 Å². The smallest absolute Gasteiger partial charge is 0.00967 e. The summed E-state index contributed by atoms with van der Waals surface area (Å²) in [5.41, 5.74) is 3.54. The largest absolute Gasteiger partial charge is 0.312 e. The molecule has 0 atom stereocenters. The third kappa shape index (κ3) is 6.09. The number of nitrogens with one attached hydrogen (secondary N) is 1. The summed E-state index contributed by atoms with van der Waals surface area (Å²) in [6, 6.07) is 9.14. The predicted octanol–water partition coefficient (Wildman–Crippen LogP) is 4.94. The lowest BCUT2D eigenvalue weighted by molar-refractivity contribution is 0.289. The van der Waals surface area contributed by atoms with Crippen LogP contribution < -0.4 is 5.32 Å². The average molecular weight is 275 g/mol. The third-order valence-electron chi connectivity index (χ3n) is 3.60. The Labute approximate surface area is 126 Å². The van der Waals surface area contributed by atoms with E-state index in [4.69, 9.17) is 0 Å². The molecule has 0 aromatic heterocycles. The van der Waals surface area contributed by atoms with E-state index < -0.39 is 0 Å². The van der Waals surface area contributed by atoms with Gasteiger partial charge in [-0.2, -0.15) is 0 Å². The Kier molecular flexibility index (Phi) is 5.08. The maximum atomic E-state index is 3.62. The third-order valence-corrected chi connectivity index (χ3v) is 3.60. The van der Waals surface area contributed by atoms with Crippen LogP contribution in [-0.2, 0) is 11.8 Å². The minimum Gasteiger partial charge on any atom is -0.312 e. The molecular formula is C19H33N. The molecule has 0 saturated heterocycles. The lowest BCUT2D eigenvalue weighted by Gasteiger charge is -2.31. The van der Waals surface area contributed by atoms with Crippen molar-refractivity contribution < 1.29 is 0 Å². The first kappa shape index (κ1) is 17.2. The maximum Gasteiger partial charge on any atom is 0.00967 e. The molecule has 1 nitrogen and oxygen atoms in total. The van der Waals surface area contributed by atoms with Crippen molar-refractivity contribution in [1.82, 2.24) is 5.32 Å². The number of hydrogen-bond acceptors (Lipinski definition) is 1. The van der Waals surface area contributed by atoms with Gasteiger partial charge in [-0.05, 0) is 49.1 Å². The molecule has 0 bridgehead atoms. The van der Waals surface area contributed by atoms with Gasteiger partial charge in [0.2, 0.25) is 0 Å². The van der Waals surface area contributed by atoms with Gasteiger partial charge in [0.15, 0.2) is 0 Å². The van der Waals surface area contributed by atoms with Crippen LogP contribution >= 0.6 is 0 Å². The molecule has 0 heterocycles. The molecule has 1 aromatic rings. The molecule has 0 radical (unpaired) electrons. The molecule has 0 unspecified atom stereocenters. The van der Waals surface area contributed by atoms with Gasteiger partial charge in [0, 0.05) is 12.1 Å². The Bertz CT molecular complexity index is 413. The quantitative estimate of drug-likeness (QED) is 0.820. The van der Waals surface area contributed by atoms with E-state index in [9.17, 15) is 0 Å². The van der Waals surface area contributed by atoms with Gasteiger partial charge in [-0.15, -0.1) is 0 Å². The Morgan fingerprint density at radius 1 is 0.800 bits per heavy atom. The standard InChI is InChI=1S/C19H33N/c1-17(2,3)16-11-9-15(10-12-16)13-19(7,8)14-20-18(4,5)6/h9-12,20H,13-14H2,1-8H3. The van der Waals surface area contributed by atoms with Gasteiger partial charge in [0.05, 0.1) is 0 Å². The van der Waals surface area contributed by atoms with Crippen LogP contribution in [0.1, 0.15) is 66.5 Å². The second-order valence-electron chi connectivity index (χ2n) is 8.89. The van der Waals surface area contributed by atoms with E-state index in [-0.39, 0.29) is 16.4 Å². The zero-order valence-electron chi connectivity index (χ0n) is 14.7. The summed E-state index contributed by atoms with van der Waals surface area (Å²) in [6.45, 7) is 19.2. The highest BCUT2D eigenvalue weighted by atomic mass is 14.9. The first-order chi connectivity index (χ1) is 8.89. The van der Waals surface area contributed by atoms with Crippen molar-refractivity contribution >= 4 is 0 Å². The highest BCUT2D eigenvalue weighted by Crippen LogP contribution is 2.25. The van der Waals surface area contributed by atoms with Crippen LogP contribution in [0.4, 0.5) is 0 Å². The fraction of sp³-hybridized carbons (Fsp3) is 0.684. The van der Waals surface area contributed by atoms with Gasteiger partial charge in [-0.25, -0.2) is 0 Å². The van der Waals surface area contributed by atoms with E-state index >= 15 is 0 Å². The summed E-state index contributed by atoms with van der Waals surface area (Å²) in [6.07, 6.45) is 1.11. The molecular weight excluding hydrogens is 242 g/mol. The van der Waals surface area contributed by atoms with Gasteiger partial charge in [-0.1, -0.05) is 58.9 Å². The molecule has 1 heteroatoms. The van der Waals surface area contributed by atoms with Gasteiger partial charge >= 0.3 is 0 Å². The highest BCUT2D eigenvalue weighted by Gasteiger charge is 2.21. The lowest BCUT2D eigenvalue weighted by Crippen LogP contribution is -2.42. The summed E-state index contributed by atoms with van der Waals surface area (Å²) >= 11 is 0. The summed E-state index contributed by atoms with van der Waals surface area (Å²) in [5, 5.41) is 3.62. The fourth-order valence-electron chi connectivity index (χ4n) is 2.24. The molecule has 1 aromatic carbocycles. The van der Waals surface area contributed by atoms with E-state index in [1.165, 1.54) is 11.1 Å². The van der Waals surface area contributed by atoms with Crippen LogP contribution in [0.15, 0.2) is 24.3 Å². The molecule has 20 heavy (non-hydrogen) atoms. The molecule has 0 aliphatic heterocycles. The monoisotopic (exact) mass is 275 g/mol. The molecule has 0 aliphatic carbocycles. The normalized spacial score (nSPS) is 13.6. The van der Waals surface area contributed by atoms with E-state index in [0.717, 1.165) is 13.0 Å². The first-order valence-electron chi connectivity index (χ1n) is 7.74. The molecule has 1 rings (SSSR count). The van der Waals surface area contributed by atoms with Crippen LogP contribution in [0.3, 0.4) is 0 Å². The summed E-state index contributed by atoms with van der Waals surface area (Å²) in [5.74, 6) is 0. The van der Waals surface area contributed by atoms with E-state index in [2.05, 4.69) is 85.0 Å². The fourth-order valence-corrected chi connectivity index (χ4v) is 2.24. The maximum absolute atomic E-state index is 3.62. The van der Waals surface area contributed by atoms with Crippen molar-refractivity contribution in [3.05, 3.63) is 35.4 Å². The lowest BCUT2D eigenvalue weighted by atomic mass is 9.82. The van der Waals surface area contributed by atoms with Gasteiger partial charge in [0.25, 0.3) is 0 Å². The van der Waals surface area contributed by atoms with Gasteiger partial charge in [0.1, 0.15) is 0 Å². The Hall–Kier alpha value is -0.820. The first-order valence-corrected chi connectivity index (χ1v) is 7.74.